The molecule has 0 aliphatic carbocycles. The first-order valence-corrected chi connectivity index (χ1v) is 11.4. The third-order valence-corrected chi connectivity index (χ3v) is 5.01. The van der Waals surface area contributed by atoms with Crippen molar-refractivity contribution in [3.05, 3.63) is 65.4 Å². The van der Waals surface area contributed by atoms with Gasteiger partial charge in [0.25, 0.3) is 11.8 Å². The summed E-state index contributed by atoms with van der Waals surface area (Å²) in [4.78, 5) is 28.1. The molecule has 0 aliphatic heterocycles. The first-order valence-electron chi connectivity index (χ1n) is 11.4. The van der Waals surface area contributed by atoms with Gasteiger partial charge in [0.2, 0.25) is 5.89 Å². The van der Waals surface area contributed by atoms with Crippen molar-refractivity contribution >= 4 is 11.8 Å². The number of ether oxygens (including phenoxy) is 4. The van der Waals surface area contributed by atoms with Crippen LogP contribution in [0, 0.1) is 0 Å². The van der Waals surface area contributed by atoms with Crippen LogP contribution in [0.25, 0.3) is 0 Å². The van der Waals surface area contributed by atoms with E-state index in [2.05, 4.69) is 15.0 Å². The van der Waals surface area contributed by atoms with Crippen LogP contribution < -0.4 is 30.0 Å². The van der Waals surface area contributed by atoms with Crippen LogP contribution in [0.1, 0.15) is 34.6 Å². The third-order valence-electron chi connectivity index (χ3n) is 5.01. The van der Waals surface area contributed by atoms with E-state index in [1.807, 2.05) is 19.1 Å². The number of amides is 2. The van der Waals surface area contributed by atoms with E-state index in [0.717, 1.165) is 17.7 Å². The molecule has 0 unspecified atom stereocenters. The molecule has 2 amide bonds. The van der Waals surface area contributed by atoms with Crippen molar-refractivity contribution in [1.29, 1.82) is 0 Å². The van der Waals surface area contributed by atoms with Crippen molar-refractivity contribution in [3.8, 4) is 23.0 Å². The molecule has 3 aromatic rings. The third kappa shape index (κ3) is 8.32. The summed E-state index contributed by atoms with van der Waals surface area (Å²) in [6, 6.07) is 10.1. The molecule has 13 heteroatoms. The van der Waals surface area contributed by atoms with Crippen LogP contribution in [0.15, 0.2) is 46.9 Å². The zero-order valence-corrected chi connectivity index (χ0v) is 20.6. The summed E-state index contributed by atoms with van der Waals surface area (Å²) in [6.07, 6.45) is -4.00. The molecule has 1 heterocycles. The highest BCUT2D eigenvalue weighted by Crippen LogP contribution is 2.29. The van der Waals surface area contributed by atoms with Crippen LogP contribution in [0.4, 0.5) is 13.2 Å². The quantitative estimate of drug-likeness (QED) is 0.338. The lowest BCUT2D eigenvalue weighted by molar-refractivity contribution is -0.274. The Bertz CT molecular complexity index is 1240. The monoisotopic (exact) mass is 537 g/mol. The van der Waals surface area contributed by atoms with E-state index in [4.69, 9.17) is 24.4 Å². The molecule has 3 rings (SSSR count). The van der Waals surface area contributed by atoms with Gasteiger partial charge in [0, 0.05) is 6.42 Å². The van der Waals surface area contributed by atoms with Crippen LogP contribution in [0.3, 0.4) is 0 Å². The van der Waals surface area contributed by atoms with Crippen LogP contribution in [0.2, 0.25) is 0 Å². The zero-order chi connectivity index (χ0) is 27.7. The molecule has 0 saturated heterocycles. The first-order chi connectivity index (χ1) is 18.1. The smallest absolute Gasteiger partial charge is 0.493 e. The van der Waals surface area contributed by atoms with Gasteiger partial charge in [-0.2, -0.15) is 0 Å². The van der Waals surface area contributed by atoms with Gasteiger partial charge < -0.3 is 34.4 Å². The Balaban J connectivity index is 1.54. The van der Waals surface area contributed by atoms with Crippen molar-refractivity contribution in [3.63, 3.8) is 0 Å². The molecule has 2 aromatic carbocycles. The minimum Gasteiger partial charge on any atom is -0.493 e. The Morgan fingerprint density at radius 1 is 1.03 bits per heavy atom. The molecule has 1 aromatic heterocycles. The number of benzene rings is 2. The maximum Gasteiger partial charge on any atom is 0.573 e. The Hall–Kier alpha value is -4.42. The van der Waals surface area contributed by atoms with Crippen LogP contribution >= 0.6 is 0 Å². The Kier molecular flexibility index (Phi) is 9.41. The molecular weight excluding hydrogens is 511 g/mol. The summed E-state index contributed by atoms with van der Waals surface area (Å²) in [5.41, 5.74) is 6.31. The number of rotatable bonds is 13. The van der Waals surface area contributed by atoms with Gasteiger partial charge in [0.05, 0.1) is 20.3 Å². The molecule has 0 aliphatic rings. The second-order valence-corrected chi connectivity index (χ2v) is 7.75. The maximum absolute atomic E-state index is 12.2. The lowest BCUT2D eigenvalue weighted by Crippen LogP contribution is -2.28. The fourth-order valence-electron chi connectivity index (χ4n) is 3.35. The van der Waals surface area contributed by atoms with E-state index >= 15 is 0 Å². The van der Waals surface area contributed by atoms with E-state index in [9.17, 15) is 22.8 Å². The average molecular weight is 537 g/mol. The minimum atomic E-state index is -4.81. The summed E-state index contributed by atoms with van der Waals surface area (Å²) in [7, 11) is 1.55. The number of primary amides is 1. The number of aryl methyl sites for hydroxylation is 2. The van der Waals surface area contributed by atoms with Crippen molar-refractivity contribution < 1.29 is 46.1 Å². The van der Waals surface area contributed by atoms with Crippen LogP contribution in [-0.2, 0) is 24.2 Å². The molecule has 0 fully saturated rings. The summed E-state index contributed by atoms with van der Waals surface area (Å²) in [5, 5.41) is 2.52. The Morgan fingerprint density at radius 2 is 1.74 bits per heavy atom. The molecule has 0 atom stereocenters. The fraction of sp³-hybridized carbons (Fsp3) is 0.320. The van der Waals surface area contributed by atoms with E-state index < -0.39 is 30.5 Å². The number of carbonyl (C=O) groups is 2. The lowest BCUT2D eigenvalue weighted by atomic mass is 10.1. The molecular formula is C25H26F3N3O7. The minimum absolute atomic E-state index is 0.0368. The highest BCUT2D eigenvalue weighted by atomic mass is 19.4. The van der Waals surface area contributed by atoms with Crippen molar-refractivity contribution in [2.45, 2.75) is 32.7 Å². The average Bonchev–Trinajstić information content (AvgIpc) is 3.29. The second kappa shape index (κ2) is 12.7. The van der Waals surface area contributed by atoms with Gasteiger partial charge in [-0.3, -0.25) is 9.59 Å². The van der Waals surface area contributed by atoms with E-state index in [-0.39, 0.29) is 29.6 Å². The number of alkyl halides is 3. The van der Waals surface area contributed by atoms with Crippen molar-refractivity contribution in [1.82, 2.24) is 10.3 Å². The summed E-state index contributed by atoms with van der Waals surface area (Å²) in [5.74, 6) is -0.0430. The van der Waals surface area contributed by atoms with Crippen molar-refractivity contribution in [2.24, 2.45) is 5.73 Å². The number of hydrogen-bond acceptors (Lipinski definition) is 8. The number of nitrogens with two attached hydrogens (primary N) is 1. The normalized spacial score (nSPS) is 11.1. The van der Waals surface area contributed by atoms with Gasteiger partial charge in [-0.05, 0) is 55.3 Å². The van der Waals surface area contributed by atoms with Crippen LogP contribution in [0.5, 0.6) is 23.0 Å². The first kappa shape index (κ1) is 28.2. The van der Waals surface area contributed by atoms with Gasteiger partial charge in [-0.25, -0.2) is 4.98 Å². The van der Waals surface area contributed by atoms with E-state index in [1.54, 1.807) is 13.2 Å². The fourth-order valence-corrected chi connectivity index (χ4v) is 3.35. The van der Waals surface area contributed by atoms with Gasteiger partial charge >= 0.3 is 6.36 Å². The Labute approximate surface area is 215 Å². The number of nitrogens with one attached hydrogen (secondary N) is 1. The number of carbonyl (C=O) groups excluding carboxylic acids is 2. The summed E-state index contributed by atoms with van der Waals surface area (Å²) >= 11 is 0. The number of nitrogens with zero attached hydrogens (tertiary/aromatic N) is 1. The topological polar surface area (TPSA) is 135 Å². The molecule has 0 radical (unpaired) electrons. The number of oxazole rings is 1. The standard InChI is InChI=1S/C25H26F3N3O7/c1-3-35-20-12-15(4-10-18(20)34-2)5-11-19-23(24(29)33)31-22(37-19)13-30-21(32)14-36-16-6-8-17(9-7-16)38-25(26,27)28/h4,6-10,12H,3,5,11,13-14H2,1-2H3,(H2,29,33)(H,30,32). The molecule has 0 bridgehead atoms. The van der Waals surface area contributed by atoms with Gasteiger partial charge in [-0.1, -0.05) is 6.07 Å². The number of halogens is 3. The molecule has 38 heavy (non-hydrogen) atoms. The number of hydrogen-bond donors (Lipinski definition) is 2. The number of methoxy groups -OCH3 is 1. The maximum atomic E-state index is 12.2. The van der Waals surface area contributed by atoms with Gasteiger partial charge in [-0.15, -0.1) is 13.2 Å². The highest BCUT2D eigenvalue weighted by molar-refractivity contribution is 5.91. The largest absolute Gasteiger partial charge is 0.573 e. The van der Waals surface area contributed by atoms with E-state index in [0.29, 0.717) is 30.9 Å². The summed E-state index contributed by atoms with van der Waals surface area (Å²) < 4.78 is 62.2. The predicted octanol–water partition coefficient (Wildman–Crippen LogP) is 3.56. The number of aromatic nitrogens is 1. The summed E-state index contributed by atoms with van der Waals surface area (Å²) in [6.45, 7) is 1.77. The van der Waals surface area contributed by atoms with Crippen LogP contribution in [-0.4, -0.2) is 43.5 Å². The van der Waals surface area contributed by atoms with Crippen molar-refractivity contribution in [2.75, 3.05) is 20.3 Å². The highest BCUT2D eigenvalue weighted by Gasteiger charge is 2.31. The molecule has 3 N–H and O–H groups in total. The van der Waals surface area contributed by atoms with Gasteiger partial charge in [0.15, 0.2) is 23.8 Å². The molecule has 10 nitrogen and oxygen atoms in total. The predicted molar refractivity (Wildman–Crippen MR) is 127 cm³/mol. The molecule has 204 valence electrons. The van der Waals surface area contributed by atoms with Gasteiger partial charge in [0.1, 0.15) is 17.3 Å². The lowest BCUT2D eigenvalue weighted by Gasteiger charge is -2.11. The zero-order valence-electron chi connectivity index (χ0n) is 20.6. The Morgan fingerprint density at radius 3 is 2.37 bits per heavy atom. The van der Waals surface area contributed by atoms with E-state index in [1.165, 1.54) is 12.1 Å². The molecule has 0 spiro atoms. The SMILES string of the molecule is CCOc1cc(CCc2oc(CNC(=O)COc3ccc(OC(F)(F)F)cc3)nc2C(N)=O)ccc1OC. The second-order valence-electron chi connectivity index (χ2n) is 7.75. The molecule has 0 saturated carbocycles.